The first-order valence-corrected chi connectivity index (χ1v) is 9.39. The summed E-state index contributed by atoms with van der Waals surface area (Å²) < 4.78 is 0. The van der Waals surface area contributed by atoms with Gasteiger partial charge in [0.1, 0.15) is 0 Å². The number of nitrogens with zero attached hydrogens (tertiary/aromatic N) is 2. The third kappa shape index (κ3) is 5.89. The number of aryl methyl sites for hydroxylation is 1. The molecule has 0 saturated carbocycles. The molecule has 0 spiro atoms. The summed E-state index contributed by atoms with van der Waals surface area (Å²) in [6, 6.07) is 17.0. The van der Waals surface area contributed by atoms with E-state index in [9.17, 15) is 14.9 Å². The second-order valence-electron chi connectivity index (χ2n) is 7.03. The molecule has 1 aliphatic heterocycles. The molecule has 3 rings (SSSR count). The van der Waals surface area contributed by atoms with Crippen LogP contribution in [0.25, 0.3) is 0 Å². The molecule has 0 unspecified atom stereocenters. The molecule has 1 saturated heterocycles. The quantitative estimate of drug-likeness (QED) is 0.602. The first-order chi connectivity index (χ1) is 13.1. The molecule has 1 fully saturated rings. The molecule has 2 aromatic carbocycles. The summed E-state index contributed by atoms with van der Waals surface area (Å²) in [5.41, 5.74) is 2.38. The van der Waals surface area contributed by atoms with Crippen LogP contribution >= 0.6 is 0 Å². The first kappa shape index (κ1) is 19.0. The van der Waals surface area contributed by atoms with Crippen molar-refractivity contribution in [2.24, 2.45) is 0 Å². The monoisotopic (exact) mass is 367 g/mol. The van der Waals surface area contributed by atoms with Gasteiger partial charge in [0.05, 0.1) is 4.92 Å². The molecule has 1 amide bonds. The Morgan fingerprint density at radius 2 is 1.70 bits per heavy atom. The van der Waals surface area contributed by atoms with Crippen LogP contribution in [0, 0.1) is 10.1 Å². The van der Waals surface area contributed by atoms with Crippen LogP contribution in [0.5, 0.6) is 0 Å². The van der Waals surface area contributed by atoms with Gasteiger partial charge < -0.3 is 5.32 Å². The maximum atomic E-state index is 12.2. The van der Waals surface area contributed by atoms with Gasteiger partial charge in [0.2, 0.25) is 5.91 Å². The Kier molecular flexibility index (Phi) is 6.54. The summed E-state index contributed by atoms with van der Waals surface area (Å²) in [4.78, 5) is 24.8. The number of hydrogen-bond acceptors (Lipinski definition) is 4. The lowest BCUT2D eigenvalue weighted by atomic mass is 10.0. The number of non-ortho nitro benzene ring substituents is 1. The van der Waals surface area contributed by atoms with Crippen molar-refractivity contribution in [3.05, 3.63) is 75.8 Å². The zero-order chi connectivity index (χ0) is 19.1. The molecule has 0 aliphatic carbocycles. The minimum Gasteiger partial charge on any atom is -0.353 e. The highest BCUT2D eigenvalue weighted by Crippen LogP contribution is 2.17. The van der Waals surface area contributed by atoms with Gasteiger partial charge in [-0.2, -0.15) is 0 Å². The average Bonchev–Trinajstić information content (AvgIpc) is 2.69. The van der Waals surface area contributed by atoms with Gasteiger partial charge in [-0.25, -0.2) is 0 Å². The molecule has 1 aliphatic rings. The lowest BCUT2D eigenvalue weighted by molar-refractivity contribution is -0.384. The lowest BCUT2D eigenvalue weighted by Gasteiger charge is -2.32. The maximum absolute atomic E-state index is 12.2. The molecule has 0 aromatic heterocycles. The van der Waals surface area contributed by atoms with Gasteiger partial charge in [-0.1, -0.05) is 42.5 Å². The van der Waals surface area contributed by atoms with E-state index in [2.05, 4.69) is 10.2 Å². The second-order valence-corrected chi connectivity index (χ2v) is 7.03. The minimum absolute atomic E-state index is 0.118. The van der Waals surface area contributed by atoms with E-state index in [0.717, 1.165) is 44.5 Å². The fourth-order valence-electron chi connectivity index (χ4n) is 3.42. The summed E-state index contributed by atoms with van der Waals surface area (Å²) in [6.45, 7) is 2.62. The lowest BCUT2D eigenvalue weighted by Crippen LogP contribution is -2.44. The van der Waals surface area contributed by atoms with Crippen molar-refractivity contribution in [2.45, 2.75) is 38.3 Å². The van der Waals surface area contributed by atoms with Crippen LogP contribution in [-0.4, -0.2) is 34.9 Å². The third-order valence-corrected chi connectivity index (χ3v) is 4.99. The van der Waals surface area contributed by atoms with Gasteiger partial charge in [-0.3, -0.25) is 19.8 Å². The predicted octanol–water partition coefficient (Wildman–Crippen LogP) is 3.31. The zero-order valence-corrected chi connectivity index (χ0v) is 15.3. The Morgan fingerprint density at radius 1 is 1.04 bits per heavy atom. The predicted molar refractivity (Wildman–Crippen MR) is 104 cm³/mol. The van der Waals surface area contributed by atoms with Gasteiger partial charge in [-0.15, -0.1) is 0 Å². The number of likely N-dealkylation sites (tertiary alicyclic amines) is 1. The van der Waals surface area contributed by atoms with Crippen LogP contribution in [0.4, 0.5) is 5.69 Å². The van der Waals surface area contributed by atoms with Crippen molar-refractivity contribution < 1.29 is 9.72 Å². The van der Waals surface area contributed by atoms with Crippen molar-refractivity contribution in [3.8, 4) is 0 Å². The third-order valence-electron chi connectivity index (χ3n) is 4.99. The van der Waals surface area contributed by atoms with Crippen LogP contribution in [-0.2, 0) is 17.8 Å². The van der Waals surface area contributed by atoms with Crippen molar-refractivity contribution >= 4 is 11.6 Å². The van der Waals surface area contributed by atoms with Crippen molar-refractivity contribution in [1.82, 2.24) is 10.2 Å². The first-order valence-electron chi connectivity index (χ1n) is 9.39. The van der Waals surface area contributed by atoms with Crippen LogP contribution in [0.15, 0.2) is 54.6 Å². The van der Waals surface area contributed by atoms with E-state index in [1.165, 1.54) is 5.56 Å². The number of nitro benzene ring substituents is 1. The highest BCUT2D eigenvalue weighted by atomic mass is 16.6. The van der Waals surface area contributed by atoms with Gasteiger partial charge in [0.15, 0.2) is 0 Å². The number of carbonyl (C=O) groups excluding carboxylic acids is 1. The van der Waals surface area contributed by atoms with Crippen LogP contribution in [0.3, 0.4) is 0 Å². The minimum atomic E-state index is -0.379. The van der Waals surface area contributed by atoms with Gasteiger partial charge in [0.25, 0.3) is 5.69 Å². The van der Waals surface area contributed by atoms with Crippen molar-refractivity contribution in [1.29, 1.82) is 0 Å². The average molecular weight is 367 g/mol. The SMILES string of the molecule is O=C(CCc1ccccc1)NC1CCN(Cc2ccc([N+](=O)[O-])cc2)CC1. The topological polar surface area (TPSA) is 75.5 Å². The number of nitro groups is 1. The Hall–Kier alpha value is -2.73. The molecule has 6 heteroatoms. The molecular weight excluding hydrogens is 342 g/mol. The largest absolute Gasteiger partial charge is 0.353 e. The van der Waals surface area contributed by atoms with E-state index < -0.39 is 0 Å². The van der Waals surface area contributed by atoms with Crippen LogP contribution < -0.4 is 5.32 Å². The highest BCUT2D eigenvalue weighted by molar-refractivity contribution is 5.76. The number of piperidine rings is 1. The number of hydrogen-bond donors (Lipinski definition) is 1. The molecular formula is C21H25N3O3. The highest BCUT2D eigenvalue weighted by Gasteiger charge is 2.20. The van der Waals surface area contributed by atoms with E-state index in [4.69, 9.17) is 0 Å². The molecule has 6 nitrogen and oxygen atoms in total. The molecule has 142 valence electrons. The Morgan fingerprint density at radius 3 is 2.33 bits per heavy atom. The molecule has 0 atom stereocenters. The Bertz CT molecular complexity index is 754. The normalized spacial score (nSPS) is 15.4. The zero-order valence-electron chi connectivity index (χ0n) is 15.3. The van der Waals surface area contributed by atoms with Crippen molar-refractivity contribution in [3.63, 3.8) is 0 Å². The Labute approximate surface area is 159 Å². The van der Waals surface area contributed by atoms with Crippen LogP contribution in [0.2, 0.25) is 0 Å². The van der Waals surface area contributed by atoms with Crippen LogP contribution in [0.1, 0.15) is 30.4 Å². The van der Waals surface area contributed by atoms with E-state index in [1.807, 2.05) is 42.5 Å². The number of nitrogens with one attached hydrogen (secondary N) is 1. The van der Waals surface area contributed by atoms with E-state index >= 15 is 0 Å². The summed E-state index contributed by atoms with van der Waals surface area (Å²) in [5, 5.41) is 13.9. The fraction of sp³-hybridized carbons (Fsp3) is 0.381. The van der Waals surface area contributed by atoms with Crippen molar-refractivity contribution in [2.75, 3.05) is 13.1 Å². The van der Waals surface area contributed by atoms with Gasteiger partial charge >= 0.3 is 0 Å². The molecule has 27 heavy (non-hydrogen) atoms. The van der Waals surface area contributed by atoms with E-state index in [1.54, 1.807) is 12.1 Å². The summed E-state index contributed by atoms with van der Waals surface area (Å²) in [6.07, 6.45) is 3.16. The number of amides is 1. The number of carbonyl (C=O) groups is 1. The van der Waals surface area contributed by atoms with E-state index in [-0.39, 0.29) is 22.6 Å². The number of rotatable bonds is 7. The number of benzene rings is 2. The smallest absolute Gasteiger partial charge is 0.269 e. The van der Waals surface area contributed by atoms with E-state index in [0.29, 0.717) is 6.42 Å². The molecule has 1 heterocycles. The molecule has 1 N–H and O–H groups in total. The fourth-order valence-corrected chi connectivity index (χ4v) is 3.42. The summed E-state index contributed by atoms with van der Waals surface area (Å²) >= 11 is 0. The van der Waals surface area contributed by atoms with Gasteiger partial charge in [0, 0.05) is 44.2 Å². The standard InChI is InChI=1S/C21H25N3O3/c25-21(11-8-17-4-2-1-3-5-17)22-19-12-14-23(15-13-19)16-18-6-9-20(10-7-18)24(26)27/h1-7,9-10,19H,8,11-16H2,(H,22,25). The van der Waals surface area contributed by atoms with Gasteiger partial charge in [-0.05, 0) is 30.4 Å². The maximum Gasteiger partial charge on any atom is 0.269 e. The molecule has 2 aromatic rings. The molecule has 0 radical (unpaired) electrons. The molecule has 0 bridgehead atoms. The summed E-state index contributed by atoms with van der Waals surface area (Å²) in [5.74, 6) is 0.118. The Balaban J connectivity index is 1.38. The second kappa shape index (κ2) is 9.28. The summed E-state index contributed by atoms with van der Waals surface area (Å²) in [7, 11) is 0.